The van der Waals surface area contributed by atoms with E-state index in [-0.39, 0.29) is 23.2 Å². The molecule has 0 spiro atoms. The number of aromatic amines is 1. The quantitative estimate of drug-likeness (QED) is 0.729. The topological polar surface area (TPSA) is 61.9 Å². The number of nitrogens with one attached hydrogen (secondary N) is 1. The summed E-state index contributed by atoms with van der Waals surface area (Å²) >= 11 is 0. The molecule has 4 rings (SSSR count). The fraction of sp³-hybridized carbons (Fsp3) is 0.316. The van der Waals surface area contributed by atoms with Gasteiger partial charge in [0, 0.05) is 6.54 Å². The maximum atomic E-state index is 13.0. The third kappa shape index (κ3) is 3.15. The van der Waals surface area contributed by atoms with E-state index in [4.69, 9.17) is 0 Å². The molecule has 1 fully saturated rings. The number of fused-ring (bicyclic) bond motifs is 1. The van der Waals surface area contributed by atoms with E-state index in [1.54, 1.807) is 4.90 Å². The Hall–Kier alpha value is -2.90. The van der Waals surface area contributed by atoms with Gasteiger partial charge in [0.1, 0.15) is 11.5 Å². The van der Waals surface area contributed by atoms with Crippen LogP contribution in [0.4, 0.5) is 13.2 Å². The second-order valence-corrected chi connectivity index (χ2v) is 6.62. The maximum absolute atomic E-state index is 13.0. The molecule has 0 bridgehead atoms. The highest BCUT2D eigenvalue weighted by Crippen LogP contribution is 2.34. The number of imidazole rings is 1. The van der Waals surface area contributed by atoms with Crippen LogP contribution in [0.5, 0.6) is 0 Å². The molecule has 1 aliphatic heterocycles. The minimum Gasteiger partial charge on any atom is -0.340 e. The Labute approximate surface area is 153 Å². The van der Waals surface area contributed by atoms with Crippen molar-refractivity contribution in [2.75, 3.05) is 6.54 Å². The Morgan fingerprint density at radius 3 is 2.67 bits per heavy atom. The molecule has 0 radical (unpaired) electrons. The third-order valence-corrected chi connectivity index (χ3v) is 4.84. The Morgan fingerprint density at radius 1 is 1.19 bits per heavy atom. The summed E-state index contributed by atoms with van der Waals surface area (Å²) in [4.78, 5) is 26.0. The average Bonchev–Trinajstić information content (AvgIpc) is 3.26. The number of halogens is 3. The van der Waals surface area contributed by atoms with E-state index in [0.717, 1.165) is 29.9 Å². The number of pyridine rings is 1. The lowest BCUT2D eigenvalue weighted by Crippen LogP contribution is -2.32. The largest absolute Gasteiger partial charge is 0.433 e. The van der Waals surface area contributed by atoms with Crippen molar-refractivity contribution in [3.05, 3.63) is 59.2 Å². The lowest BCUT2D eigenvalue weighted by atomic mass is 10.1. The Kier molecular flexibility index (Phi) is 4.13. The summed E-state index contributed by atoms with van der Waals surface area (Å²) in [6.07, 6.45) is -2.98. The van der Waals surface area contributed by atoms with Crippen molar-refractivity contribution in [2.24, 2.45) is 0 Å². The third-order valence-electron chi connectivity index (χ3n) is 4.84. The number of H-pyrrole nitrogens is 1. The van der Waals surface area contributed by atoms with Crippen LogP contribution < -0.4 is 0 Å². The zero-order valence-corrected chi connectivity index (χ0v) is 14.5. The van der Waals surface area contributed by atoms with E-state index in [1.165, 1.54) is 13.0 Å². The lowest BCUT2D eigenvalue weighted by Gasteiger charge is -2.24. The number of hydrogen-bond acceptors (Lipinski definition) is 3. The standard InChI is InChI=1S/C19H17F3N4O/c1-11-12(8-9-16(23-11)19(20,21)22)18(27)26-10-4-7-15(26)17-24-13-5-2-3-6-14(13)25-17/h2-3,5-6,8-9,15H,4,7,10H2,1H3,(H,24,25). The van der Waals surface area contributed by atoms with Crippen molar-refractivity contribution in [3.63, 3.8) is 0 Å². The number of aromatic nitrogens is 3. The predicted molar refractivity (Wildman–Crippen MR) is 93.1 cm³/mol. The van der Waals surface area contributed by atoms with Crippen LogP contribution in [0.3, 0.4) is 0 Å². The summed E-state index contributed by atoms with van der Waals surface area (Å²) < 4.78 is 38.4. The number of carbonyl (C=O) groups is 1. The highest BCUT2D eigenvalue weighted by molar-refractivity contribution is 5.95. The van der Waals surface area contributed by atoms with Crippen LogP contribution >= 0.6 is 0 Å². The van der Waals surface area contributed by atoms with Crippen LogP contribution in [0.1, 0.15) is 46.5 Å². The molecule has 1 N–H and O–H groups in total. The molecule has 3 heterocycles. The summed E-state index contributed by atoms with van der Waals surface area (Å²) in [5.41, 5.74) is 0.973. The minimum atomic E-state index is -4.53. The maximum Gasteiger partial charge on any atom is 0.433 e. The number of para-hydroxylation sites is 2. The van der Waals surface area contributed by atoms with Gasteiger partial charge in [-0.15, -0.1) is 0 Å². The fourth-order valence-corrected chi connectivity index (χ4v) is 3.52. The lowest BCUT2D eigenvalue weighted by molar-refractivity contribution is -0.141. The normalized spacial score (nSPS) is 17.6. The molecular formula is C19H17F3N4O. The number of alkyl halides is 3. The average molecular weight is 374 g/mol. The van der Waals surface area contributed by atoms with Crippen molar-refractivity contribution >= 4 is 16.9 Å². The number of carbonyl (C=O) groups excluding carboxylic acids is 1. The van der Waals surface area contributed by atoms with Crippen molar-refractivity contribution in [3.8, 4) is 0 Å². The summed E-state index contributed by atoms with van der Waals surface area (Å²) in [7, 11) is 0. The summed E-state index contributed by atoms with van der Waals surface area (Å²) in [6.45, 7) is 1.95. The molecule has 27 heavy (non-hydrogen) atoms. The first-order chi connectivity index (χ1) is 12.8. The number of rotatable bonds is 2. The molecule has 1 unspecified atom stereocenters. The van der Waals surface area contributed by atoms with Crippen molar-refractivity contribution in [2.45, 2.75) is 32.0 Å². The van der Waals surface area contributed by atoms with Crippen LogP contribution in [0.15, 0.2) is 36.4 Å². The van der Waals surface area contributed by atoms with Crippen LogP contribution in [0, 0.1) is 6.92 Å². The minimum absolute atomic E-state index is 0.0741. The van der Waals surface area contributed by atoms with Gasteiger partial charge in [-0.05, 0) is 44.0 Å². The van der Waals surface area contributed by atoms with Crippen LogP contribution in [-0.2, 0) is 6.18 Å². The molecule has 1 amide bonds. The highest BCUT2D eigenvalue weighted by Gasteiger charge is 2.36. The zero-order valence-electron chi connectivity index (χ0n) is 14.5. The van der Waals surface area contributed by atoms with Gasteiger partial charge in [0.05, 0.1) is 28.3 Å². The van der Waals surface area contributed by atoms with Crippen molar-refractivity contribution < 1.29 is 18.0 Å². The molecule has 0 aliphatic carbocycles. The molecule has 2 aromatic heterocycles. The number of aryl methyl sites for hydroxylation is 1. The second-order valence-electron chi connectivity index (χ2n) is 6.62. The summed E-state index contributed by atoms with van der Waals surface area (Å²) in [5.74, 6) is 0.372. The first kappa shape index (κ1) is 17.5. The molecule has 1 aromatic carbocycles. The zero-order chi connectivity index (χ0) is 19.2. The van der Waals surface area contributed by atoms with E-state index < -0.39 is 11.9 Å². The number of amides is 1. The van der Waals surface area contributed by atoms with E-state index in [2.05, 4.69) is 15.0 Å². The van der Waals surface area contributed by atoms with Gasteiger partial charge in [-0.2, -0.15) is 13.2 Å². The van der Waals surface area contributed by atoms with E-state index in [0.29, 0.717) is 12.4 Å². The first-order valence-electron chi connectivity index (χ1n) is 8.65. The Morgan fingerprint density at radius 2 is 1.96 bits per heavy atom. The summed E-state index contributed by atoms with van der Waals surface area (Å²) in [5, 5.41) is 0. The summed E-state index contributed by atoms with van der Waals surface area (Å²) in [6, 6.07) is 9.43. The van der Waals surface area contributed by atoms with Crippen LogP contribution in [0.2, 0.25) is 0 Å². The monoisotopic (exact) mass is 374 g/mol. The van der Waals surface area contributed by atoms with Crippen molar-refractivity contribution in [1.29, 1.82) is 0 Å². The molecule has 1 atom stereocenters. The van der Waals surface area contributed by atoms with Crippen molar-refractivity contribution in [1.82, 2.24) is 19.9 Å². The van der Waals surface area contributed by atoms with E-state index in [1.807, 2.05) is 24.3 Å². The van der Waals surface area contributed by atoms with Gasteiger partial charge in [0.15, 0.2) is 0 Å². The van der Waals surface area contributed by atoms with Gasteiger partial charge < -0.3 is 9.88 Å². The number of nitrogens with zero attached hydrogens (tertiary/aromatic N) is 3. The smallest absolute Gasteiger partial charge is 0.340 e. The molecule has 8 heteroatoms. The Balaban J connectivity index is 1.64. The SMILES string of the molecule is Cc1nc(C(F)(F)F)ccc1C(=O)N1CCCC1c1nc2ccccc2[nH]1. The molecule has 3 aromatic rings. The van der Waals surface area contributed by atoms with Gasteiger partial charge in [-0.3, -0.25) is 4.79 Å². The first-order valence-corrected chi connectivity index (χ1v) is 8.65. The molecule has 1 saturated heterocycles. The molecule has 0 saturated carbocycles. The Bertz CT molecular complexity index is 979. The molecular weight excluding hydrogens is 357 g/mol. The molecule has 140 valence electrons. The fourth-order valence-electron chi connectivity index (χ4n) is 3.52. The van der Waals surface area contributed by atoms with E-state index in [9.17, 15) is 18.0 Å². The van der Waals surface area contributed by atoms with Gasteiger partial charge in [0.25, 0.3) is 5.91 Å². The number of likely N-dealkylation sites (tertiary alicyclic amines) is 1. The molecule has 5 nitrogen and oxygen atoms in total. The van der Waals surface area contributed by atoms with E-state index >= 15 is 0 Å². The van der Waals surface area contributed by atoms with Gasteiger partial charge in [-0.1, -0.05) is 12.1 Å². The van der Waals surface area contributed by atoms with Gasteiger partial charge >= 0.3 is 6.18 Å². The molecule has 1 aliphatic rings. The van der Waals surface area contributed by atoms with Crippen LogP contribution in [0.25, 0.3) is 11.0 Å². The highest BCUT2D eigenvalue weighted by atomic mass is 19.4. The van der Waals surface area contributed by atoms with Gasteiger partial charge in [-0.25, -0.2) is 9.97 Å². The predicted octanol–water partition coefficient (Wildman–Crippen LogP) is 4.26. The van der Waals surface area contributed by atoms with Gasteiger partial charge in [0.2, 0.25) is 0 Å². The second kappa shape index (κ2) is 6.37. The number of benzene rings is 1. The number of hydrogen-bond donors (Lipinski definition) is 1. The van der Waals surface area contributed by atoms with Crippen LogP contribution in [-0.4, -0.2) is 32.3 Å².